The second-order valence-electron chi connectivity index (χ2n) is 4.75. The van der Waals surface area contributed by atoms with E-state index in [-0.39, 0.29) is 31.8 Å². The number of ketones is 1. The summed E-state index contributed by atoms with van der Waals surface area (Å²) < 4.78 is 9.60. The Morgan fingerprint density at radius 1 is 1.29 bits per heavy atom. The number of ether oxygens (including phenoxy) is 2. The van der Waals surface area contributed by atoms with Gasteiger partial charge in [-0.2, -0.15) is 0 Å². The lowest BCUT2D eigenvalue weighted by Crippen LogP contribution is -2.42. The molecule has 0 unspecified atom stereocenters. The molecule has 1 rings (SSSR count). The van der Waals surface area contributed by atoms with E-state index in [9.17, 15) is 14.4 Å². The molecule has 1 amide bonds. The molecule has 1 atom stereocenters. The van der Waals surface area contributed by atoms with E-state index in [2.05, 4.69) is 20.1 Å². The number of rotatable bonds is 9. The van der Waals surface area contributed by atoms with Gasteiger partial charge in [-0.15, -0.1) is 0 Å². The van der Waals surface area contributed by atoms with Crippen LogP contribution in [0.4, 0.5) is 4.79 Å². The molecular formula is C15H18N4O5. The first kappa shape index (κ1) is 19.0. The molecule has 1 N–H and O–H groups in total. The molecule has 9 heteroatoms. The summed E-state index contributed by atoms with van der Waals surface area (Å²) in [6, 6.07) is 8.02. The standard InChI is InChI=1S/C15H18N4O5/c1-23-14(21)13(8-7-12(20)9-17-19-16)18-15(22)24-10-11-5-3-2-4-6-11/h2-6,13H,7-10H2,1H3,(H,18,22)/t13-/m0/s1. The van der Waals surface area contributed by atoms with E-state index in [4.69, 9.17) is 10.3 Å². The second-order valence-corrected chi connectivity index (χ2v) is 4.75. The van der Waals surface area contributed by atoms with Gasteiger partial charge in [-0.3, -0.25) is 4.79 Å². The van der Waals surface area contributed by atoms with Crippen LogP contribution in [0.15, 0.2) is 35.4 Å². The molecular weight excluding hydrogens is 316 g/mol. The fourth-order valence-electron chi connectivity index (χ4n) is 1.79. The summed E-state index contributed by atoms with van der Waals surface area (Å²) in [6.07, 6.45) is -0.818. The van der Waals surface area contributed by atoms with E-state index in [1.807, 2.05) is 18.2 Å². The van der Waals surface area contributed by atoms with Gasteiger partial charge in [-0.05, 0) is 17.5 Å². The Morgan fingerprint density at radius 3 is 2.62 bits per heavy atom. The lowest BCUT2D eigenvalue weighted by atomic mass is 10.1. The van der Waals surface area contributed by atoms with E-state index in [1.54, 1.807) is 12.1 Å². The molecule has 1 aromatic rings. The lowest BCUT2D eigenvalue weighted by molar-refractivity contribution is -0.143. The van der Waals surface area contributed by atoms with E-state index < -0.39 is 18.1 Å². The quantitative estimate of drug-likeness (QED) is 0.320. The topological polar surface area (TPSA) is 130 Å². The normalized spacial score (nSPS) is 10.9. The molecule has 9 nitrogen and oxygen atoms in total. The van der Waals surface area contributed by atoms with E-state index in [1.165, 1.54) is 7.11 Å². The number of carbonyl (C=O) groups is 3. The fourth-order valence-corrected chi connectivity index (χ4v) is 1.79. The monoisotopic (exact) mass is 334 g/mol. The highest BCUT2D eigenvalue weighted by Gasteiger charge is 2.23. The highest BCUT2D eigenvalue weighted by atomic mass is 16.6. The number of benzene rings is 1. The number of alkyl carbamates (subject to hydrolysis) is 1. The predicted molar refractivity (Wildman–Crippen MR) is 83.8 cm³/mol. The van der Waals surface area contributed by atoms with Gasteiger partial charge in [0.2, 0.25) is 0 Å². The Hall–Kier alpha value is -3.06. The number of Topliss-reactive ketones (excluding diaryl/α,β-unsaturated/α-hetero) is 1. The van der Waals surface area contributed by atoms with Gasteiger partial charge in [0.05, 0.1) is 13.7 Å². The van der Waals surface area contributed by atoms with Crippen LogP contribution in [-0.4, -0.2) is 37.5 Å². The van der Waals surface area contributed by atoms with Crippen molar-refractivity contribution in [3.05, 3.63) is 46.3 Å². The average Bonchev–Trinajstić information content (AvgIpc) is 2.61. The third-order valence-electron chi connectivity index (χ3n) is 3.01. The van der Waals surface area contributed by atoms with Crippen LogP contribution in [0.3, 0.4) is 0 Å². The smallest absolute Gasteiger partial charge is 0.408 e. The minimum atomic E-state index is -1.02. The maximum Gasteiger partial charge on any atom is 0.408 e. The lowest BCUT2D eigenvalue weighted by Gasteiger charge is -2.16. The molecule has 0 radical (unpaired) electrons. The molecule has 0 fully saturated rings. The van der Waals surface area contributed by atoms with Gasteiger partial charge in [0.1, 0.15) is 18.4 Å². The van der Waals surface area contributed by atoms with Crippen molar-refractivity contribution in [1.29, 1.82) is 0 Å². The zero-order valence-electron chi connectivity index (χ0n) is 13.2. The van der Waals surface area contributed by atoms with Gasteiger partial charge in [-0.1, -0.05) is 35.4 Å². The molecule has 0 saturated heterocycles. The molecule has 24 heavy (non-hydrogen) atoms. The van der Waals surface area contributed by atoms with Gasteiger partial charge in [0.15, 0.2) is 0 Å². The first-order valence-corrected chi connectivity index (χ1v) is 7.14. The van der Waals surface area contributed by atoms with Crippen molar-refractivity contribution in [3.8, 4) is 0 Å². The highest BCUT2D eigenvalue weighted by molar-refractivity contribution is 5.84. The van der Waals surface area contributed by atoms with Crippen LogP contribution in [0.1, 0.15) is 18.4 Å². The van der Waals surface area contributed by atoms with Gasteiger partial charge < -0.3 is 14.8 Å². The van der Waals surface area contributed by atoms with Crippen LogP contribution in [0.25, 0.3) is 10.4 Å². The van der Waals surface area contributed by atoms with Gasteiger partial charge in [-0.25, -0.2) is 9.59 Å². The number of hydrogen-bond donors (Lipinski definition) is 1. The third-order valence-corrected chi connectivity index (χ3v) is 3.01. The summed E-state index contributed by atoms with van der Waals surface area (Å²) >= 11 is 0. The summed E-state index contributed by atoms with van der Waals surface area (Å²) in [4.78, 5) is 37.4. The molecule has 1 aromatic carbocycles. The Morgan fingerprint density at radius 2 is 2.00 bits per heavy atom. The van der Waals surface area contributed by atoms with Gasteiger partial charge in [0, 0.05) is 11.3 Å². The van der Waals surface area contributed by atoms with Crippen LogP contribution < -0.4 is 5.32 Å². The van der Waals surface area contributed by atoms with Crippen molar-refractivity contribution in [3.63, 3.8) is 0 Å². The highest BCUT2D eigenvalue weighted by Crippen LogP contribution is 2.04. The number of methoxy groups -OCH3 is 1. The number of nitrogens with zero attached hydrogens (tertiary/aromatic N) is 3. The summed E-state index contributed by atoms with van der Waals surface area (Å²) in [5.74, 6) is -1.04. The fraction of sp³-hybridized carbons (Fsp3) is 0.400. The molecule has 0 aliphatic rings. The largest absolute Gasteiger partial charge is 0.467 e. The average molecular weight is 334 g/mol. The first-order valence-electron chi connectivity index (χ1n) is 7.14. The Bertz CT molecular complexity index is 614. The molecule has 0 aromatic heterocycles. The maximum absolute atomic E-state index is 11.8. The van der Waals surface area contributed by atoms with Gasteiger partial charge >= 0.3 is 12.1 Å². The van der Waals surface area contributed by atoms with Crippen molar-refractivity contribution in [2.75, 3.05) is 13.7 Å². The Kier molecular flexibility index (Phi) is 8.41. The van der Waals surface area contributed by atoms with E-state index >= 15 is 0 Å². The van der Waals surface area contributed by atoms with Crippen LogP contribution in [0, 0.1) is 0 Å². The molecule has 128 valence electrons. The van der Waals surface area contributed by atoms with Crippen molar-refractivity contribution >= 4 is 17.8 Å². The second kappa shape index (κ2) is 10.6. The van der Waals surface area contributed by atoms with E-state index in [0.29, 0.717) is 0 Å². The van der Waals surface area contributed by atoms with Crippen molar-refractivity contribution in [2.45, 2.75) is 25.5 Å². The Balaban J connectivity index is 2.49. The summed E-state index contributed by atoms with van der Waals surface area (Å²) in [5.41, 5.74) is 8.95. The summed E-state index contributed by atoms with van der Waals surface area (Å²) in [7, 11) is 1.17. The number of carbonyl (C=O) groups excluding carboxylic acids is 3. The van der Waals surface area contributed by atoms with Crippen LogP contribution in [-0.2, 0) is 25.7 Å². The number of amides is 1. The molecule has 0 heterocycles. The molecule has 0 aliphatic heterocycles. The summed E-state index contributed by atoms with van der Waals surface area (Å²) in [6.45, 7) is -0.251. The SMILES string of the molecule is COC(=O)[C@H](CCC(=O)CN=[N+]=[N-])NC(=O)OCc1ccccc1. The number of hydrogen-bond acceptors (Lipinski definition) is 6. The van der Waals surface area contributed by atoms with Crippen molar-refractivity contribution in [1.82, 2.24) is 5.32 Å². The molecule has 0 spiro atoms. The zero-order valence-corrected chi connectivity index (χ0v) is 13.2. The molecule has 0 bridgehead atoms. The van der Waals surface area contributed by atoms with Crippen LogP contribution in [0.2, 0.25) is 0 Å². The maximum atomic E-state index is 11.8. The van der Waals surface area contributed by atoms with E-state index in [0.717, 1.165) is 5.56 Å². The van der Waals surface area contributed by atoms with Crippen molar-refractivity contribution < 1.29 is 23.9 Å². The van der Waals surface area contributed by atoms with Crippen LogP contribution in [0.5, 0.6) is 0 Å². The minimum Gasteiger partial charge on any atom is -0.467 e. The Labute approximate surface area is 138 Å². The van der Waals surface area contributed by atoms with Crippen LogP contribution >= 0.6 is 0 Å². The predicted octanol–water partition coefficient (Wildman–Crippen LogP) is 2.11. The number of azide groups is 1. The number of esters is 1. The third kappa shape index (κ3) is 7.28. The number of nitrogens with one attached hydrogen (secondary N) is 1. The van der Waals surface area contributed by atoms with Gasteiger partial charge in [0.25, 0.3) is 0 Å². The first-order chi connectivity index (χ1) is 11.6. The molecule has 0 saturated carbocycles. The minimum absolute atomic E-state index is 0.0207. The summed E-state index contributed by atoms with van der Waals surface area (Å²) in [5, 5.41) is 5.50. The zero-order chi connectivity index (χ0) is 17.8. The molecule has 0 aliphatic carbocycles. The van der Waals surface area contributed by atoms with Crippen molar-refractivity contribution in [2.24, 2.45) is 5.11 Å².